The van der Waals surface area contributed by atoms with Crippen LogP contribution in [0.5, 0.6) is 0 Å². The maximum absolute atomic E-state index is 11.1. The summed E-state index contributed by atoms with van der Waals surface area (Å²) in [4.78, 5) is 0. The topological polar surface area (TPSA) is 58.2 Å². The molecule has 0 aliphatic heterocycles. The van der Waals surface area contributed by atoms with E-state index in [0.717, 1.165) is 24.1 Å². The van der Waals surface area contributed by atoms with E-state index in [9.17, 15) is 8.42 Å². The second kappa shape index (κ2) is 5.96. The maximum Gasteiger partial charge on any atom is 0.229 e. The molecule has 0 aromatic heterocycles. The van der Waals surface area contributed by atoms with E-state index in [1.165, 1.54) is 5.56 Å². The van der Waals surface area contributed by atoms with Crippen molar-refractivity contribution in [2.45, 2.75) is 13.3 Å². The number of anilines is 3. The molecule has 4 nitrogen and oxygen atoms in total. The minimum Gasteiger partial charge on any atom is -0.355 e. The molecule has 0 saturated heterocycles. The molecule has 2 aromatic carbocycles. The average molecular weight is 290 g/mol. The van der Waals surface area contributed by atoms with Gasteiger partial charge < -0.3 is 5.32 Å². The van der Waals surface area contributed by atoms with Crippen LogP contribution in [0.4, 0.5) is 17.1 Å². The Morgan fingerprint density at radius 2 is 1.55 bits per heavy atom. The van der Waals surface area contributed by atoms with Gasteiger partial charge in [-0.05, 0) is 42.3 Å². The highest BCUT2D eigenvalue weighted by Crippen LogP contribution is 2.22. The summed E-state index contributed by atoms with van der Waals surface area (Å²) in [5.74, 6) is 0. The van der Waals surface area contributed by atoms with Crippen LogP contribution in [0, 0.1) is 0 Å². The summed E-state index contributed by atoms with van der Waals surface area (Å²) in [6.45, 7) is 2.11. The van der Waals surface area contributed by atoms with Crippen molar-refractivity contribution in [1.82, 2.24) is 0 Å². The van der Waals surface area contributed by atoms with Gasteiger partial charge in [-0.15, -0.1) is 0 Å². The van der Waals surface area contributed by atoms with Gasteiger partial charge in [-0.25, -0.2) is 8.42 Å². The Hall–Kier alpha value is -2.01. The van der Waals surface area contributed by atoms with Crippen LogP contribution in [0.15, 0.2) is 48.5 Å². The highest BCUT2D eigenvalue weighted by atomic mass is 32.2. The standard InChI is InChI=1S/C15H18N2O2S/c1-3-12-6-4-5-7-15(12)16-13-8-10-14(11-9-13)17-20(2,18)19/h4-11,16-17H,3H2,1-2H3. The number of benzene rings is 2. The van der Waals surface area contributed by atoms with Crippen LogP contribution in [-0.4, -0.2) is 14.7 Å². The first-order chi connectivity index (χ1) is 9.48. The van der Waals surface area contributed by atoms with Gasteiger partial charge in [-0.2, -0.15) is 0 Å². The second-order valence-electron chi connectivity index (χ2n) is 4.59. The lowest BCUT2D eigenvalue weighted by atomic mass is 10.1. The lowest BCUT2D eigenvalue weighted by Gasteiger charge is -2.11. The lowest BCUT2D eigenvalue weighted by molar-refractivity contribution is 0.607. The van der Waals surface area contributed by atoms with Crippen LogP contribution in [0.3, 0.4) is 0 Å². The van der Waals surface area contributed by atoms with Crippen LogP contribution in [0.2, 0.25) is 0 Å². The summed E-state index contributed by atoms with van der Waals surface area (Å²) >= 11 is 0. The highest BCUT2D eigenvalue weighted by molar-refractivity contribution is 7.92. The van der Waals surface area contributed by atoms with E-state index in [1.807, 2.05) is 30.3 Å². The first-order valence-corrected chi connectivity index (χ1v) is 8.30. The van der Waals surface area contributed by atoms with E-state index >= 15 is 0 Å². The zero-order valence-electron chi connectivity index (χ0n) is 11.6. The Balaban J connectivity index is 2.15. The van der Waals surface area contributed by atoms with Crippen molar-refractivity contribution in [1.29, 1.82) is 0 Å². The molecule has 2 N–H and O–H groups in total. The predicted molar refractivity (Wildman–Crippen MR) is 84.0 cm³/mol. The van der Waals surface area contributed by atoms with E-state index < -0.39 is 10.0 Å². The predicted octanol–water partition coefficient (Wildman–Crippen LogP) is 3.36. The highest BCUT2D eigenvalue weighted by Gasteiger charge is 2.03. The molecule has 0 radical (unpaired) electrons. The van der Waals surface area contributed by atoms with Crippen molar-refractivity contribution >= 4 is 27.1 Å². The molecule has 0 heterocycles. The molecule has 2 rings (SSSR count). The van der Waals surface area contributed by atoms with Gasteiger partial charge in [0.15, 0.2) is 0 Å². The van der Waals surface area contributed by atoms with Crippen LogP contribution in [0.25, 0.3) is 0 Å². The Kier molecular flexibility index (Phi) is 4.29. The van der Waals surface area contributed by atoms with E-state index in [-0.39, 0.29) is 0 Å². The summed E-state index contributed by atoms with van der Waals surface area (Å²) in [5.41, 5.74) is 3.79. The van der Waals surface area contributed by atoms with Gasteiger partial charge in [0.25, 0.3) is 0 Å². The Labute approximate surface area is 119 Å². The van der Waals surface area contributed by atoms with Crippen molar-refractivity contribution in [3.63, 3.8) is 0 Å². The first-order valence-electron chi connectivity index (χ1n) is 6.41. The van der Waals surface area contributed by atoms with Crippen LogP contribution in [0.1, 0.15) is 12.5 Å². The van der Waals surface area contributed by atoms with Gasteiger partial charge in [0.1, 0.15) is 0 Å². The first kappa shape index (κ1) is 14.4. The monoisotopic (exact) mass is 290 g/mol. The summed E-state index contributed by atoms with van der Waals surface area (Å²) < 4.78 is 24.7. The van der Waals surface area contributed by atoms with Gasteiger partial charge >= 0.3 is 0 Å². The largest absolute Gasteiger partial charge is 0.355 e. The third kappa shape index (κ3) is 3.99. The average Bonchev–Trinajstić information content (AvgIpc) is 2.40. The number of para-hydroxylation sites is 1. The van der Waals surface area contributed by atoms with E-state index in [1.54, 1.807) is 12.1 Å². The molecule has 0 aliphatic carbocycles. The fraction of sp³-hybridized carbons (Fsp3) is 0.200. The summed E-state index contributed by atoms with van der Waals surface area (Å²) in [7, 11) is -3.23. The molecule has 0 unspecified atom stereocenters. The van der Waals surface area contributed by atoms with Crippen molar-refractivity contribution in [3.05, 3.63) is 54.1 Å². The second-order valence-corrected chi connectivity index (χ2v) is 6.34. The minimum atomic E-state index is -3.23. The van der Waals surface area contributed by atoms with E-state index in [4.69, 9.17) is 0 Å². The molecule has 2 aromatic rings. The third-order valence-electron chi connectivity index (χ3n) is 2.87. The van der Waals surface area contributed by atoms with Gasteiger partial charge in [-0.1, -0.05) is 25.1 Å². The molecule has 0 amide bonds. The molecule has 0 aliphatic rings. The molecule has 0 fully saturated rings. The molecular formula is C15H18N2O2S. The maximum atomic E-state index is 11.1. The van der Waals surface area contributed by atoms with Gasteiger partial charge in [0, 0.05) is 17.1 Å². The lowest BCUT2D eigenvalue weighted by Crippen LogP contribution is -2.09. The van der Waals surface area contributed by atoms with E-state index in [2.05, 4.69) is 23.0 Å². The van der Waals surface area contributed by atoms with Crippen LogP contribution < -0.4 is 10.0 Å². The Bertz CT molecular complexity index is 679. The summed E-state index contributed by atoms with van der Waals surface area (Å²) in [6, 6.07) is 15.3. The van der Waals surface area contributed by atoms with Crippen molar-refractivity contribution < 1.29 is 8.42 Å². The van der Waals surface area contributed by atoms with Crippen molar-refractivity contribution in [3.8, 4) is 0 Å². The Morgan fingerprint density at radius 1 is 0.950 bits per heavy atom. The van der Waals surface area contributed by atoms with Crippen LogP contribution in [-0.2, 0) is 16.4 Å². The number of rotatable bonds is 5. The fourth-order valence-corrected chi connectivity index (χ4v) is 2.51. The Morgan fingerprint density at radius 3 is 2.15 bits per heavy atom. The van der Waals surface area contributed by atoms with Gasteiger partial charge in [-0.3, -0.25) is 4.72 Å². The normalized spacial score (nSPS) is 11.1. The molecule has 20 heavy (non-hydrogen) atoms. The number of nitrogens with one attached hydrogen (secondary N) is 2. The minimum absolute atomic E-state index is 0.557. The number of hydrogen-bond acceptors (Lipinski definition) is 3. The quantitative estimate of drug-likeness (QED) is 0.887. The molecular weight excluding hydrogens is 272 g/mol. The van der Waals surface area contributed by atoms with Crippen molar-refractivity contribution in [2.75, 3.05) is 16.3 Å². The third-order valence-corrected chi connectivity index (χ3v) is 3.47. The fourth-order valence-electron chi connectivity index (χ4n) is 1.94. The summed E-state index contributed by atoms with van der Waals surface area (Å²) in [6.07, 6.45) is 2.09. The molecule has 106 valence electrons. The van der Waals surface area contributed by atoms with Gasteiger partial charge in [0.2, 0.25) is 10.0 Å². The zero-order chi connectivity index (χ0) is 14.6. The molecule has 0 atom stereocenters. The van der Waals surface area contributed by atoms with E-state index in [0.29, 0.717) is 5.69 Å². The number of sulfonamides is 1. The molecule has 0 bridgehead atoms. The zero-order valence-corrected chi connectivity index (χ0v) is 12.4. The molecule has 0 saturated carbocycles. The molecule has 0 spiro atoms. The SMILES string of the molecule is CCc1ccccc1Nc1ccc(NS(C)(=O)=O)cc1. The number of hydrogen-bond donors (Lipinski definition) is 2. The summed E-state index contributed by atoms with van der Waals surface area (Å²) in [5, 5.41) is 3.34. The van der Waals surface area contributed by atoms with Crippen LogP contribution >= 0.6 is 0 Å². The molecule has 5 heteroatoms. The van der Waals surface area contributed by atoms with Gasteiger partial charge in [0.05, 0.1) is 6.26 Å². The van der Waals surface area contributed by atoms with Crippen molar-refractivity contribution in [2.24, 2.45) is 0 Å². The number of aryl methyl sites for hydroxylation is 1. The smallest absolute Gasteiger partial charge is 0.229 e.